The molecule has 0 fully saturated rings. The molecule has 3 rings (SSSR count). The average molecular weight is 459 g/mol. The summed E-state index contributed by atoms with van der Waals surface area (Å²) in [5, 5.41) is 14.5. The van der Waals surface area contributed by atoms with Crippen LogP contribution in [0.25, 0.3) is 0 Å². The molecule has 1 amide bonds. The molecule has 11 heteroatoms. The van der Waals surface area contributed by atoms with Crippen LogP contribution < -0.4 is 10.2 Å². The van der Waals surface area contributed by atoms with Gasteiger partial charge in [-0.05, 0) is 45.8 Å². The number of hydrogen-bond donors (Lipinski definition) is 1. The Hall–Kier alpha value is -3.86. The van der Waals surface area contributed by atoms with Gasteiger partial charge in [-0.25, -0.2) is 10.2 Å². The van der Waals surface area contributed by atoms with Crippen LogP contribution >= 0.6 is 15.9 Å². The number of carbonyl (C=O) groups excluding carboxylic acids is 2. The van der Waals surface area contributed by atoms with E-state index in [-0.39, 0.29) is 11.5 Å². The normalized spacial score (nSPS) is 10.7. The second-order valence-electron chi connectivity index (χ2n) is 5.45. The van der Waals surface area contributed by atoms with Crippen molar-refractivity contribution in [3.8, 4) is 5.75 Å². The number of furan rings is 1. The fourth-order valence-electron chi connectivity index (χ4n) is 2.12. The number of ether oxygens (including phenoxy) is 1. The highest BCUT2D eigenvalue weighted by Crippen LogP contribution is 2.19. The standard InChI is InChI=1S/C18H11BrN4O6/c19-13-7-12(9-20-10-13)17(24)22-21-8-11-2-1-3-14(6-11)28-18(25)15-4-5-16(29-15)23(26)27/h1-10H,(H,22,24). The Kier molecular flexibility index (Phi) is 6.09. The van der Waals surface area contributed by atoms with Crippen molar-refractivity contribution in [2.75, 3.05) is 0 Å². The molecule has 1 aromatic carbocycles. The summed E-state index contributed by atoms with van der Waals surface area (Å²) in [6.45, 7) is 0. The van der Waals surface area contributed by atoms with Gasteiger partial charge >= 0.3 is 11.9 Å². The summed E-state index contributed by atoms with van der Waals surface area (Å²) in [7, 11) is 0. The lowest BCUT2D eigenvalue weighted by molar-refractivity contribution is -0.402. The van der Waals surface area contributed by atoms with E-state index >= 15 is 0 Å². The lowest BCUT2D eigenvalue weighted by Crippen LogP contribution is -2.17. The number of carbonyl (C=O) groups is 2. The molecular formula is C18H11BrN4O6. The number of amides is 1. The summed E-state index contributed by atoms with van der Waals surface area (Å²) in [6, 6.07) is 10.1. The number of benzene rings is 1. The lowest BCUT2D eigenvalue weighted by Gasteiger charge is -2.03. The third-order valence-corrected chi connectivity index (χ3v) is 3.82. The van der Waals surface area contributed by atoms with E-state index in [4.69, 9.17) is 9.15 Å². The van der Waals surface area contributed by atoms with Crippen LogP contribution in [0.3, 0.4) is 0 Å². The smallest absolute Gasteiger partial charge is 0.421 e. The van der Waals surface area contributed by atoms with Gasteiger partial charge in [-0.2, -0.15) is 5.10 Å². The first-order valence-corrected chi connectivity index (χ1v) is 8.72. The summed E-state index contributed by atoms with van der Waals surface area (Å²) in [5.74, 6) is -2.03. The monoisotopic (exact) mass is 458 g/mol. The number of hydrogen-bond acceptors (Lipinski definition) is 8. The average Bonchev–Trinajstić information content (AvgIpc) is 3.19. The van der Waals surface area contributed by atoms with Crippen molar-refractivity contribution in [1.82, 2.24) is 10.4 Å². The first-order chi connectivity index (χ1) is 13.9. The third kappa shape index (κ3) is 5.32. The summed E-state index contributed by atoms with van der Waals surface area (Å²) < 4.78 is 10.6. The van der Waals surface area contributed by atoms with Crippen LogP contribution in [0.1, 0.15) is 26.5 Å². The van der Waals surface area contributed by atoms with Gasteiger partial charge in [-0.15, -0.1) is 0 Å². The first kappa shape index (κ1) is 19.9. The van der Waals surface area contributed by atoms with Gasteiger partial charge in [0, 0.05) is 16.9 Å². The number of nitrogens with one attached hydrogen (secondary N) is 1. The highest BCUT2D eigenvalue weighted by molar-refractivity contribution is 9.10. The zero-order chi connectivity index (χ0) is 20.8. The van der Waals surface area contributed by atoms with Crippen LogP contribution in [0.15, 0.2) is 68.8 Å². The van der Waals surface area contributed by atoms with Crippen LogP contribution in [0.2, 0.25) is 0 Å². The first-order valence-electron chi connectivity index (χ1n) is 7.93. The topological polar surface area (TPSA) is 137 Å². The zero-order valence-electron chi connectivity index (χ0n) is 14.4. The van der Waals surface area contributed by atoms with Gasteiger partial charge in [0.15, 0.2) is 0 Å². The van der Waals surface area contributed by atoms with Crippen LogP contribution in [0.5, 0.6) is 5.75 Å². The Balaban J connectivity index is 1.62. The fourth-order valence-corrected chi connectivity index (χ4v) is 2.48. The van der Waals surface area contributed by atoms with E-state index in [1.165, 1.54) is 24.5 Å². The molecular weight excluding hydrogens is 448 g/mol. The van der Waals surface area contributed by atoms with E-state index in [2.05, 4.69) is 31.4 Å². The van der Waals surface area contributed by atoms with Crippen molar-refractivity contribution >= 4 is 39.9 Å². The summed E-state index contributed by atoms with van der Waals surface area (Å²) in [4.78, 5) is 37.7. The molecule has 2 heterocycles. The second kappa shape index (κ2) is 8.89. The van der Waals surface area contributed by atoms with Gasteiger partial charge in [0.25, 0.3) is 5.91 Å². The molecule has 146 valence electrons. The van der Waals surface area contributed by atoms with Crippen LogP contribution in [0, 0.1) is 10.1 Å². The number of aromatic nitrogens is 1. The van der Waals surface area contributed by atoms with Crippen molar-refractivity contribution in [1.29, 1.82) is 0 Å². The minimum atomic E-state index is -0.886. The SMILES string of the molecule is O=C(NN=Cc1cccc(OC(=O)c2ccc([N+](=O)[O-])o2)c1)c1cncc(Br)c1. The molecule has 1 N–H and O–H groups in total. The Morgan fingerprint density at radius 3 is 2.79 bits per heavy atom. The van der Waals surface area contributed by atoms with E-state index in [9.17, 15) is 19.7 Å². The van der Waals surface area contributed by atoms with E-state index in [1.54, 1.807) is 24.4 Å². The minimum absolute atomic E-state index is 0.167. The summed E-state index contributed by atoms with van der Waals surface area (Å²) in [5.41, 5.74) is 3.22. The van der Waals surface area contributed by atoms with Crippen LogP contribution in [0.4, 0.5) is 5.88 Å². The predicted molar refractivity (Wildman–Crippen MR) is 104 cm³/mol. The molecule has 0 unspecified atom stereocenters. The molecule has 0 aliphatic heterocycles. The van der Waals surface area contributed by atoms with Gasteiger partial charge in [0.05, 0.1) is 17.8 Å². The molecule has 0 aliphatic rings. The number of rotatable bonds is 6. The number of halogens is 1. The van der Waals surface area contributed by atoms with Crippen molar-refractivity contribution in [2.24, 2.45) is 5.10 Å². The van der Waals surface area contributed by atoms with Crippen molar-refractivity contribution in [2.45, 2.75) is 0 Å². The van der Waals surface area contributed by atoms with Gasteiger partial charge in [-0.3, -0.25) is 19.9 Å². The van der Waals surface area contributed by atoms with Crippen LogP contribution in [-0.2, 0) is 0 Å². The van der Waals surface area contributed by atoms with Gasteiger partial charge in [0.1, 0.15) is 10.7 Å². The third-order valence-electron chi connectivity index (χ3n) is 3.39. The Bertz CT molecular complexity index is 1110. The summed E-state index contributed by atoms with van der Waals surface area (Å²) in [6.07, 6.45) is 4.31. The minimum Gasteiger partial charge on any atom is -0.421 e. The van der Waals surface area contributed by atoms with Gasteiger partial charge < -0.3 is 9.15 Å². The van der Waals surface area contributed by atoms with Crippen LogP contribution in [-0.4, -0.2) is 28.0 Å². The molecule has 2 aromatic heterocycles. The number of pyridine rings is 1. The maximum Gasteiger partial charge on any atom is 0.433 e. The maximum atomic E-state index is 12.0. The largest absolute Gasteiger partial charge is 0.433 e. The lowest BCUT2D eigenvalue weighted by atomic mass is 10.2. The number of hydrazone groups is 1. The Morgan fingerprint density at radius 1 is 1.24 bits per heavy atom. The fraction of sp³-hybridized carbons (Fsp3) is 0. The van der Waals surface area contributed by atoms with Crippen molar-refractivity contribution < 1.29 is 23.7 Å². The molecule has 0 atom stereocenters. The molecule has 0 saturated heterocycles. The van der Waals surface area contributed by atoms with E-state index in [1.807, 2.05) is 0 Å². The predicted octanol–water partition coefficient (Wildman–Crippen LogP) is 3.33. The van der Waals surface area contributed by atoms with Crippen molar-refractivity contribution in [3.63, 3.8) is 0 Å². The molecule has 29 heavy (non-hydrogen) atoms. The van der Waals surface area contributed by atoms with Gasteiger partial charge in [-0.1, -0.05) is 12.1 Å². The van der Waals surface area contributed by atoms with Crippen molar-refractivity contribution in [3.05, 3.63) is 86.3 Å². The number of esters is 1. The molecule has 0 aliphatic carbocycles. The van der Waals surface area contributed by atoms with E-state index < -0.39 is 22.7 Å². The highest BCUT2D eigenvalue weighted by Gasteiger charge is 2.19. The van der Waals surface area contributed by atoms with E-state index in [0.717, 1.165) is 12.1 Å². The maximum absolute atomic E-state index is 12.0. The van der Waals surface area contributed by atoms with Gasteiger partial charge in [0.2, 0.25) is 5.76 Å². The number of nitro groups is 1. The zero-order valence-corrected chi connectivity index (χ0v) is 16.0. The number of nitrogens with zero attached hydrogens (tertiary/aromatic N) is 3. The quantitative estimate of drug-likeness (QED) is 0.196. The molecule has 0 bridgehead atoms. The Labute approximate surface area is 171 Å². The molecule has 0 radical (unpaired) electrons. The highest BCUT2D eigenvalue weighted by atomic mass is 79.9. The molecule has 10 nitrogen and oxygen atoms in total. The molecule has 0 spiro atoms. The Morgan fingerprint density at radius 2 is 2.07 bits per heavy atom. The molecule has 0 saturated carbocycles. The summed E-state index contributed by atoms with van der Waals surface area (Å²) >= 11 is 3.23. The van der Waals surface area contributed by atoms with E-state index in [0.29, 0.717) is 15.6 Å². The molecule has 3 aromatic rings. The second-order valence-corrected chi connectivity index (χ2v) is 6.36.